The van der Waals surface area contributed by atoms with E-state index in [1.54, 1.807) is 16.2 Å². The van der Waals surface area contributed by atoms with E-state index < -0.39 is 0 Å². The van der Waals surface area contributed by atoms with E-state index in [-0.39, 0.29) is 17.6 Å². The molecule has 1 amide bonds. The third kappa shape index (κ3) is 3.09. The van der Waals surface area contributed by atoms with Crippen LogP contribution in [0.15, 0.2) is 34.4 Å². The first kappa shape index (κ1) is 14.7. The average molecular weight is 330 g/mol. The summed E-state index contributed by atoms with van der Waals surface area (Å²) >= 11 is 1.64. The van der Waals surface area contributed by atoms with Crippen molar-refractivity contribution in [2.75, 3.05) is 19.7 Å². The molecule has 120 valence electrons. The molecule has 1 aliphatic heterocycles. The van der Waals surface area contributed by atoms with Gasteiger partial charge in [0, 0.05) is 28.7 Å². The number of nitrogens with zero attached hydrogens (tertiary/aromatic N) is 1. The number of aromatic nitrogens is 1. The zero-order valence-electron chi connectivity index (χ0n) is 12.7. The maximum Gasteiger partial charge on any atom is 0.254 e. The normalized spacial score (nSPS) is 21.4. The molecular formula is C17H18N2O3S. The summed E-state index contributed by atoms with van der Waals surface area (Å²) < 4.78 is 5.78. The number of H-pyrrole nitrogens is 1. The molecule has 0 spiro atoms. The molecule has 2 fully saturated rings. The van der Waals surface area contributed by atoms with Crippen molar-refractivity contribution in [1.29, 1.82) is 0 Å². The fraction of sp³-hybridized carbons (Fsp3) is 0.412. The fourth-order valence-electron chi connectivity index (χ4n) is 2.97. The van der Waals surface area contributed by atoms with Crippen LogP contribution in [0.4, 0.5) is 0 Å². The Labute approximate surface area is 137 Å². The van der Waals surface area contributed by atoms with Crippen molar-refractivity contribution in [3.05, 3.63) is 56.1 Å². The molecule has 6 heteroatoms. The zero-order valence-corrected chi connectivity index (χ0v) is 13.5. The molecule has 4 rings (SSSR count). The van der Waals surface area contributed by atoms with Gasteiger partial charge in [-0.05, 0) is 36.3 Å². The van der Waals surface area contributed by atoms with Crippen LogP contribution in [0.25, 0.3) is 0 Å². The van der Waals surface area contributed by atoms with E-state index in [9.17, 15) is 9.59 Å². The molecule has 1 atom stereocenters. The maximum absolute atomic E-state index is 12.8. The van der Waals surface area contributed by atoms with E-state index in [0.717, 1.165) is 23.4 Å². The van der Waals surface area contributed by atoms with E-state index in [0.29, 0.717) is 31.2 Å². The van der Waals surface area contributed by atoms with Crippen LogP contribution in [0.2, 0.25) is 0 Å². The van der Waals surface area contributed by atoms with Gasteiger partial charge in [-0.2, -0.15) is 0 Å². The number of hydrogen-bond donors (Lipinski definition) is 1. The Balaban J connectivity index is 1.55. The number of morpholine rings is 1. The lowest BCUT2D eigenvalue weighted by molar-refractivity contribution is -0.0211. The molecule has 0 radical (unpaired) electrons. The summed E-state index contributed by atoms with van der Waals surface area (Å²) in [6.07, 6.45) is 2.11. The van der Waals surface area contributed by atoms with Crippen molar-refractivity contribution in [1.82, 2.24) is 9.88 Å². The fourth-order valence-corrected chi connectivity index (χ4v) is 3.73. The predicted molar refractivity (Wildman–Crippen MR) is 88.0 cm³/mol. The summed E-state index contributed by atoms with van der Waals surface area (Å²) in [6, 6.07) is 7.27. The molecule has 23 heavy (non-hydrogen) atoms. The largest absolute Gasteiger partial charge is 0.369 e. The Bertz CT molecular complexity index is 764. The van der Waals surface area contributed by atoms with Crippen LogP contribution in [0.1, 0.15) is 45.8 Å². The molecule has 2 aromatic rings. The Morgan fingerprint density at radius 1 is 1.35 bits per heavy atom. The van der Waals surface area contributed by atoms with E-state index in [1.807, 2.05) is 23.6 Å². The Morgan fingerprint density at radius 3 is 2.96 bits per heavy atom. The maximum atomic E-state index is 12.8. The molecular weight excluding hydrogens is 312 g/mol. The number of ether oxygens (including phenoxy) is 1. The highest BCUT2D eigenvalue weighted by Gasteiger charge is 2.29. The van der Waals surface area contributed by atoms with Gasteiger partial charge in [-0.1, -0.05) is 6.07 Å². The number of nitrogens with one attached hydrogen (secondary N) is 1. The molecule has 3 heterocycles. The second-order valence-electron chi connectivity index (χ2n) is 6.09. The van der Waals surface area contributed by atoms with Gasteiger partial charge in [0.25, 0.3) is 5.91 Å². The molecule has 2 aromatic heterocycles. The molecule has 1 saturated carbocycles. The molecule has 1 aliphatic carbocycles. The van der Waals surface area contributed by atoms with Crippen molar-refractivity contribution in [3.8, 4) is 0 Å². The minimum absolute atomic E-state index is 0.0717. The van der Waals surface area contributed by atoms with Gasteiger partial charge in [0.05, 0.1) is 13.2 Å². The minimum atomic E-state index is -0.194. The minimum Gasteiger partial charge on any atom is -0.369 e. The standard InChI is InChI=1S/C17H18N2O3S/c20-16-9-12(8-13(18-16)11-3-4-11)17(21)19-5-6-22-14(10-19)15-2-1-7-23-15/h1-2,7-9,11,14H,3-6,10H2,(H,18,20)/t14-/m0/s1. The average Bonchev–Trinajstić information content (AvgIpc) is 3.28. The number of carbonyl (C=O) groups excluding carboxylic acids is 1. The lowest BCUT2D eigenvalue weighted by Gasteiger charge is -2.32. The number of rotatable bonds is 3. The monoisotopic (exact) mass is 330 g/mol. The smallest absolute Gasteiger partial charge is 0.254 e. The van der Waals surface area contributed by atoms with Crippen LogP contribution in [0, 0.1) is 0 Å². The Hall–Kier alpha value is -1.92. The number of carbonyl (C=O) groups is 1. The van der Waals surface area contributed by atoms with Crippen molar-refractivity contribution < 1.29 is 9.53 Å². The number of pyridine rings is 1. The van der Waals surface area contributed by atoms with Gasteiger partial charge < -0.3 is 14.6 Å². The van der Waals surface area contributed by atoms with E-state index in [2.05, 4.69) is 4.98 Å². The molecule has 1 saturated heterocycles. The van der Waals surface area contributed by atoms with Crippen molar-refractivity contribution in [3.63, 3.8) is 0 Å². The van der Waals surface area contributed by atoms with Crippen LogP contribution in [0.3, 0.4) is 0 Å². The molecule has 0 unspecified atom stereocenters. The lowest BCUT2D eigenvalue weighted by Crippen LogP contribution is -2.42. The summed E-state index contributed by atoms with van der Waals surface area (Å²) in [4.78, 5) is 30.4. The van der Waals surface area contributed by atoms with Gasteiger partial charge in [-0.25, -0.2) is 0 Å². The van der Waals surface area contributed by atoms with Crippen LogP contribution in [-0.4, -0.2) is 35.5 Å². The topological polar surface area (TPSA) is 62.4 Å². The van der Waals surface area contributed by atoms with Crippen molar-refractivity contribution in [2.45, 2.75) is 24.9 Å². The number of hydrogen-bond acceptors (Lipinski definition) is 4. The van der Waals surface area contributed by atoms with Gasteiger partial charge in [-0.15, -0.1) is 11.3 Å². The van der Waals surface area contributed by atoms with E-state index in [1.165, 1.54) is 6.07 Å². The van der Waals surface area contributed by atoms with Gasteiger partial charge in [-0.3, -0.25) is 9.59 Å². The number of aromatic amines is 1. The summed E-state index contributed by atoms with van der Waals surface area (Å²) in [5.41, 5.74) is 1.19. The highest BCUT2D eigenvalue weighted by molar-refractivity contribution is 7.10. The second kappa shape index (κ2) is 5.94. The first-order valence-corrected chi connectivity index (χ1v) is 8.77. The quantitative estimate of drug-likeness (QED) is 0.941. The highest BCUT2D eigenvalue weighted by atomic mass is 32.1. The lowest BCUT2D eigenvalue weighted by atomic mass is 10.1. The molecule has 0 bridgehead atoms. The molecule has 5 nitrogen and oxygen atoms in total. The summed E-state index contributed by atoms with van der Waals surface area (Å²) in [5.74, 6) is 0.335. The molecule has 2 aliphatic rings. The molecule has 1 N–H and O–H groups in total. The predicted octanol–water partition coefficient (Wildman–Crippen LogP) is 2.53. The van der Waals surface area contributed by atoms with Crippen LogP contribution >= 0.6 is 11.3 Å². The van der Waals surface area contributed by atoms with Crippen LogP contribution in [0.5, 0.6) is 0 Å². The van der Waals surface area contributed by atoms with E-state index >= 15 is 0 Å². The Morgan fingerprint density at radius 2 is 2.22 bits per heavy atom. The summed E-state index contributed by atoms with van der Waals surface area (Å²) in [5, 5.41) is 2.01. The van der Waals surface area contributed by atoms with Gasteiger partial charge >= 0.3 is 0 Å². The van der Waals surface area contributed by atoms with Gasteiger partial charge in [0.15, 0.2) is 0 Å². The Kier molecular flexibility index (Phi) is 3.79. The SMILES string of the molecule is O=C(c1cc(C2CC2)[nH]c(=O)c1)N1CCO[C@H](c2cccs2)C1. The first-order valence-electron chi connectivity index (χ1n) is 7.89. The van der Waals surface area contributed by atoms with Crippen molar-refractivity contribution in [2.24, 2.45) is 0 Å². The summed E-state index contributed by atoms with van der Waals surface area (Å²) in [6.45, 7) is 1.62. The van der Waals surface area contributed by atoms with Crippen LogP contribution < -0.4 is 5.56 Å². The third-order valence-corrected chi connectivity index (χ3v) is 5.31. The second-order valence-corrected chi connectivity index (χ2v) is 7.07. The molecule has 0 aromatic carbocycles. The zero-order chi connectivity index (χ0) is 15.8. The summed E-state index contributed by atoms with van der Waals surface area (Å²) in [7, 11) is 0. The number of thiophene rings is 1. The third-order valence-electron chi connectivity index (χ3n) is 4.34. The first-order chi connectivity index (χ1) is 11.2. The van der Waals surface area contributed by atoms with Gasteiger partial charge in [0.1, 0.15) is 6.10 Å². The van der Waals surface area contributed by atoms with E-state index in [4.69, 9.17) is 4.74 Å². The van der Waals surface area contributed by atoms with Crippen LogP contribution in [-0.2, 0) is 4.74 Å². The van der Waals surface area contributed by atoms with Crippen molar-refractivity contribution >= 4 is 17.2 Å². The number of amides is 1. The van der Waals surface area contributed by atoms with Gasteiger partial charge in [0.2, 0.25) is 5.56 Å². The highest BCUT2D eigenvalue weighted by Crippen LogP contribution is 2.38.